The first-order chi connectivity index (χ1) is 9.70. The van der Waals surface area contributed by atoms with Crippen LogP contribution in [0.3, 0.4) is 0 Å². The lowest BCUT2D eigenvalue weighted by molar-refractivity contribution is -0.385. The number of carboxylic acid groups (broad SMARTS) is 1. The van der Waals surface area contributed by atoms with Crippen LogP contribution in [0.25, 0.3) is 0 Å². The van der Waals surface area contributed by atoms with Crippen molar-refractivity contribution in [1.29, 1.82) is 0 Å². The predicted octanol–water partition coefficient (Wildman–Crippen LogP) is 0.0171. The molecular weight excluding hydrogens is 304 g/mol. The third-order valence-corrected chi connectivity index (χ3v) is 4.37. The lowest BCUT2D eigenvalue weighted by Gasteiger charge is -2.14. The van der Waals surface area contributed by atoms with Gasteiger partial charge in [-0.2, -0.15) is 4.72 Å². The molecule has 0 fully saturated rings. The lowest BCUT2D eigenvalue weighted by Crippen LogP contribution is -2.41. The molecule has 0 saturated heterocycles. The van der Waals surface area contributed by atoms with Gasteiger partial charge in [-0.05, 0) is 19.4 Å². The Morgan fingerprint density at radius 2 is 2.10 bits per heavy atom. The molecule has 0 aliphatic heterocycles. The van der Waals surface area contributed by atoms with Crippen LogP contribution in [0, 0.1) is 17.0 Å². The van der Waals surface area contributed by atoms with Gasteiger partial charge in [0.25, 0.3) is 5.69 Å². The highest BCUT2D eigenvalue weighted by atomic mass is 32.2. The first-order valence-electron chi connectivity index (χ1n) is 5.80. The standard InChI is InChI=1S/C11H14N2O7S/c1-7-9(13(17)18)3-2-4-10(7)21(19,20)12-8(5-6-14)11(15)16/h2-4,8,12,14H,5-6H2,1H3,(H,15,16). The van der Waals surface area contributed by atoms with Crippen molar-refractivity contribution in [2.45, 2.75) is 24.3 Å². The highest BCUT2D eigenvalue weighted by Gasteiger charge is 2.28. The number of nitro benzene ring substituents is 1. The molecule has 1 atom stereocenters. The number of nitro groups is 1. The van der Waals surface area contributed by atoms with E-state index in [4.69, 9.17) is 10.2 Å². The van der Waals surface area contributed by atoms with Crippen molar-refractivity contribution >= 4 is 21.7 Å². The van der Waals surface area contributed by atoms with Crippen molar-refractivity contribution < 1.29 is 28.3 Å². The molecule has 0 aliphatic rings. The quantitative estimate of drug-likeness (QED) is 0.474. The highest BCUT2D eigenvalue weighted by molar-refractivity contribution is 7.89. The van der Waals surface area contributed by atoms with Gasteiger partial charge in [0.1, 0.15) is 6.04 Å². The van der Waals surface area contributed by atoms with E-state index in [-0.39, 0.29) is 22.6 Å². The number of rotatable bonds is 7. The Kier molecular flexibility index (Phi) is 5.35. The molecule has 9 nitrogen and oxygen atoms in total. The molecule has 0 saturated carbocycles. The molecule has 1 aromatic rings. The van der Waals surface area contributed by atoms with Gasteiger partial charge in [-0.25, -0.2) is 8.42 Å². The van der Waals surface area contributed by atoms with E-state index < -0.39 is 33.6 Å². The Balaban J connectivity index is 3.22. The zero-order chi connectivity index (χ0) is 16.2. The number of carboxylic acids is 1. The van der Waals surface area contributed by atoms with Crippen LogP contribution in [0.1, 0.15) is 12.0 Å². The molecular formula is C11H14N2O7S. The summed E-state index contributed by atoms with van der Waals surface area (Å²) in [6, 6.07) is 1.97. The van der Waals surface area contributed by atoms with E-state index in [0.29, 0.717) is 0 Å². The van der Waals surface area contributed by atoms with Gasteiger partial charge >= 0.3 is 5.97 Å². The molecule has 21 heavy (non-hydrogen) atoms. The van der Waals surface area contributed by atoms with E-state index in [0.717, 1.165) is 12.1 Å². The maximum atomic E-state index is 12.1. The minimum atomic E-state index is -4.26. The number of aliphatic hydroxyl groups excluding tert-OH is 1. The van der Waals surface area contributed by atoms with Crippen molar-refractivity contribution in [3.05, 3.63) is 33.9 Å². The number of sulfonamides is 1. The Labute approximate surface area is 120 Å². The largest absolute Gasteiger partial charge is 0.480 e. The molecule has 0 spiro atoms. The Morgan fingerprint density at radius 1 is 1.48 bits per heavy atom. The van der Waals surface area contributed by atoms with Crippen LogP contribution < -0.4 is 4.72 Å². The number of aliphatic hydroxyl groups is 1. The normalized spacial score (nSPS) is 12.9. The van der Waals surface area contributed by atoms with E-state index in [2.05, 4.69) is 0 Å². The molecule has 10 heteroatoms. The van der Waals surface area contributed by atoms with Crippen LogP contribution in [-0.4, -0.2) is 42.2 Å². The number of aliphatic carboxylic acids is 1. The van der Waals surface area contributed by atoms with Gasteiger partial charge in [0.15, 0.2) is 0 Å². The maximum absolute atomic E-state index is 12.1. The molecule has 1 aromatic carbocycles. The van der Waals surface area contributed by atoms with Crippen LogP contribution in [0.5, 0.6) is 0 Å². The lowest BCUT2D eigenvalue weighted by atomic mass is 10.2. The number of nitrogens with zero attached hydrogens (tertiary/aromatic N) is 1. The van der Waals surface area contributed by atoms with E-state index in [1.165, 1.54) is 13.0 Å². The fourth-order valence-corrected chi connectivity index (χ4v) is 3.19. The van der Waals surface area contributed by atoms with Crippen molar-refractivity contribution in [2.24, 2.45) is 0 Å². The first kappa shape index (κ1) is 17.0. The zero-order valence-corrected chi connectivity index (χ0v) is 11.8. The van der Waals surface area contributed by atoms with Crippen LogP contribution >= 0.6 is 0 Å². The molecule has 3 N–H and O–H groups in total. The highest BCUT2D eigenvalue weighted by Crippen LogP contribution is 2.24. The second-order valence-electron chi connectivity index (χ2n) is 4.18. The van der Waals surface area contributed by atoms with Crippen LogP contribution in [0.2, 0.25) is 0 Å². The number of hydrogen-bond donors (Lipinski definition) is 3. The summed E-state index contributed by atoms with van der Waals surface area (Å²) in [6.45, 7) is 0.738. The van der Waals surface area contributed by atoms with Crippen molar-refractivity contribution in [1.82, 2.24) is 4.72 Å². The first-order valence-corrected chi connectivity index (χ1v) is 7.29. The van der Waals surface area contributed by atoms with Crippen molar-refractivity contribution in [3.63, 3.8) is 0 Å². The average molecular weight is 318 g/mol. The van der Waals surface area contributed by atoms with E-state index in [1.54, 1.807) is 0 Å². The third-order valence-electron chi connectivity index (χ3n) is 2.75. The molecule has 0 bridgehead atoms. The number of benzene rings is 1. The van der Waals surface area contributed by atoms with Crippen molar-refractivity contribution in [3.8, 4) is 0 Å². The van der Waals surface area contributed by atoms with Crippen LogP contribution in [0.4, 0.5) is 5.69 Å². The molecule has 116 valence electrons. The fourth-order valence-electron chi connectivity index (χ4n) is 1.70. The number of nitrogens with one attached hydrogen (secondary N) is 1. The van der Waals surface area contributed by atoms with Gasteiger partial charge in [-0.1, -0.05) is 6.07 Å². The maximum Gasteiger partial charge on any atom is 0.321 e. The molecule has 0 radical (unpaired) electrons. The fraction of sp³-hybridized carbons (Fsp3) is 0.364. The molecule has 1 rings (SSSR count). The van der Waals surface area contributed by atoms with Crippen LogP contribution in [0.15, 0.2) is 23.1 Å². The van der Waals surface area contributed by atoms with E-state index in [1.807, 2.05) is 4.72 Å². The monoisotopic (exact) mass is 318 g/mol. The van der Waals surface area contributed by atoms with Gasteiger partial charge in [0, 0.05) is 18.2 Å². The summed E-state index contributed by atoms with van der Waals surface area (Å²) in [6.07, 6.45) is -0.317. The Morgan fingerprint density at radius 3 is 2.57 bits per heavy atom. The predicted molar refractivity (Wildman–Crippen MR) is 71.3 cm³/mol. The van der Waals surface area contributed by atoms with Gasteiger partial charge in [-0.15, -0.1) is 0 Å². The minimum Gasteiger partial charge on any atom is -0.480 e. The van der Waals surface area contributed by atoms with E-state index in [9.17, 15) is 23.3 Å². The Hall–Kier alpha value is -2.04. The third kappa shape index (κ3) is 3.97. The van der Waals surface area contributed by atoms with Gasteiger partial charge in [0.2, 0.25) is 10.0 Å². The molecule has 0 heterocycles. The molecule has 0 amide bonds. The Bertz CT molecular complexity index is 657. The van der Waals surface area contributed by atoms with Gasteiger partial charge in [-0.3, -0.25) is 14.9 Å². The summed E-state index contributed by atoms with van der Waals surface area (Å²) < 4.78 is 26.2. The van der Waals surface area contributed by atoms with Gasteiger partial charge in [0.05, 0.1) is 9.82 Å². The minimum absolute atomic E-state index is 0.0943. The summed E-state index contributed by atoms with van der Waals surface area (Å²) in [5, 5.41) is 28.4. The smallest absolute Gasteiger partial charge is 0.321 e. The van der Waals surface area contributed by atoms with Crippen molar-refractivity contribution in [2.75, 3.05) is 6.61 Å². The second kappa shape index (κ2) is 6.61. The summed E-state index contributed by atoms with van der Waals surface area (Å²) in [4.78, 5) is 20.6. The van der Waals surface area contributed by atoms with E-state index >= 15 is 0 Å². The summed E-state index contributed by atoms with van der Waals surface area (Å²) in [5.74, 6) is -1.45. The molecule has 0 aliphatic carbocycles. The molecule has 1 unspecified atom stereocenters. The van der Waals surface area contributed by atoms with Crippen LogP contribution in [-0.2, 0) is 14.8 Å². The second-order valence-corrected chi connectivity index (χ2v) is 5.86. The molecule has 0 aromatic heterocycles. The number of hydrogen-bond acceptors (Lipinski definition) is 6. The average Bonchev–Trinajstić information content (AvgIpc) is 2.37. The summed E-state index contributed by atoms with van der Waals surface area (Å²) >= 11 is 0. The zero-order valence-electron chi connectivity index (χ0n) is 11.0. The SMILES string of the molecule is Cc1c([N+](=O)[O-])cccc1S(=O)(=O)NC(CCO)C(=O)O. The van der Waals surface area contributed by atoms with Gasteiger partial charge < -0.3 is 10.2 Å². The topological polar surface area (TPSA) is 147 Å². The number of carbonyl (C=O) groups is 1. The summed E-state index contributed by atoms with van der Waals surface area (Å²) in [5.41, 5.74) is -0.477. The summed E-state index contributed by atoms with van der Waals surface area (Å²) in [7, 11) is -4.26.